The van der Waals surface area contributed by atoms with Crippen LogP contribution in [0.1, 0.15) is 26.2 Å². The molecule has 0 radical (unpaired) electrons. The summed E-state index contributed by atoms with van der Waals surface area (Å²) in [7, 11) is 0. The summed E-state index contributed by atoms with van der Waals surface area (Å²) in [6.07, 6.45) is 9.79. The second-order valence-electron chi connectivity index (χ2n) is 4.04. The summed E-state index contributed by atoms with van der Waals surface area (Å²) in [5.74, 6) is 5.66. The molecular formula is C11H17N. The van der Waals surface area contributed by atoms with Crippen LogP contribution >= 0.6 is 0 Å². The van der Waals surface area contributed by atoms with Crippen molar-refractivity contribution in [1.82, 2.24) is 5.32 Å². The van der Waals surface area contributed by atoms with Crippen molar-refractivity contribution in [2.45, 2.75) is 32.2 Å². The van der Waals surface area contributed by atoms with Crippen LogP contribution in [0.4, 0.5) is 0 Å². The molecule has 3 unspecified atom stereocenters. The zero-order valence-electron chi connectivity index (χ0n) is 7.72. The largest absolute Gasteiger partial charge is 0.304 e. The van der Waals surface area contributed by atoms with E-state index in [-0.39, 0.29) is 0 Å². The van der Waals surface area contributed by atoms with Crippen LogP contribution in [0.15, 0.2) is 0 Å². The molecule has 3 atom stereocenters. The summed E-state index contributed by atoms with van der Waals surface area (Å²) in [6.45, 7) is 3.13. The SMILES string of the molecule is C#CC(NCC)C1C2CCCC21. The summed E-state index contributed by atoms with van der Waals surface area (Å²) < 4.78 is 0. The fraction of sp³-hybridized carbons (Fsp3) is 0.818. The molecule has 1 N–H and O–H groups in total. The molecule has 0 amide bonds. The summed E-state index contributed by atoms with van der Waals surface area (Å²) >= 11 is 0. The fourth-order valence-corrected chi connectivity index (χ4v) is 2.90. The molecule has 0 bridgehead atoms. The molecule has 0 aromatic carbocycles. The summed E-state index contributed by atoms with van der Waals surface area (Å²) in [5, 5.41) is 3.39. The van der Waals surface area contributed by atoms with Gasteiger partial charge in [0, 0.05) is 0 Å². The van der Waals surface area contributed by atoms with E-state index < -0.39 is 0 Å². The van der Waals surface area contributed by atoms with Crippen molar-refractivity contribution in [3.63, 3.8) is 0 Å². The number of nitrogens with one attached hydrogen (secondary N) is 1. The Labute approximate surface area is 74.9 Å². The molecule has 66 valence electrons. The molecular weight excluding hydrogens is 146 g/mol. The molecule has 0 heterocycles. The Kier molecular flexibility index (Phi) is 2.11. The zero-order valence-corrected chi connectivity index (χ0v) is 7.72. The summed E-state index contributed by atoms with van der Waals surface area (Å²) in [5.41, 5.74) is 0. The topological polar surface area (TPSA) is 12.0 Å². The minimum atomic E-state index is 0.366. The van der Waals surface area contributed by atoms with Gasteiger partial charge in [0.05, 0.1) is 6.04 Å². The van der Waals surface area contributed by atoms with E-state index in [0.717, 1.165) is 24.3 Å². The Bertz CT molecular complexity index is 194. The number of terminal acetylenes is 1. The van der Waals surface area contributed by atoms with E-state index in [9.17, 15) is 0 Å². The number of fused-ring (bicyclic) bond motifs is 1. The van der Waals surface area contributed by atoms with Crippen LogP contribution < -0.4 is 5.32 Å². The van der Waals surface area contributed by atoms with Crippen molar-refractivity contribution in [3.8, 4) is 12.3 Å². The number of hydrogen-bond donors (Lipinski definition) is 1. The van der Waals surface area contributed by atoms with Crippen molar-refractivity contribution in [1.29, 1.82) is 0 Å². The molecule has 0 aromatic heterocycles. The van der Waals surface area contributed by atoms with Gasteiger partial charge in [-0.3, -0.25) is 0 Å². The van der Waals surface area contributed by atoms with E-state index in [2.05, 4.69) is 18.2 Å². The van der Waals surface area contributed by atoms with Gasteiger partial charge in [-0.2, -0.15) is 0 Å². The van der Waals surface area contributed by atoms with E-state index in [4.69, 9.17) is 6.42 Å². The first-order chi connectivity index (χ1) is 5.88. The van der Waals surface area contributed by atoms with Gasteiger partial charge in [0.15, 0.2) is 0 Å². The lowest BCUT2D eigenvalue weighted by Crippen LogP contribution is -2.30. The molecule has 0 spiro atoms. The lowest BCUT2D eigenvalue weighted by atomic mass is 10.0. The standard InChI is InChI=1S/C11H17N/c1-3-10(12-4-2)11-8-6-5-7-9(8)11/h1,8-12H,4-7H2,2H3. The fourth-order valence-electron chi connectivity index (χ4n) is 2.90. The van der Waals surface area contributed by atoms with Crippen molar-refractivity contribution in [2.75, 3.05) is 6.54 Å². The van der Waals surface area contributed by atoms with E-state index in [0.29, 0.717) is 6.04 Å². The third-order valence-electron chi connectivity index (χ3n) is 3.46. The minimum absolute atomic E-state index is 0.366. The summed E-state index contributed by atoms with van der Waals surface area (Å²) in [6, 6.07) is 0.366. The maximum Gasteiger partial charge on any atom is 0.0720 e. The smallest absolute Gasteiger partial charge is 0.0720 e. The quantitative estimate of drug-likeness (QED) is 0.624. The Morgan fingerprint density at radius 2 is 2.17 bits per heavy atom. The zero-order chi connectivity index (χ0) is 8.55. The van der Waals surface area contributed by atoms with Crippen LogP contribution in [0.5, 0.6) is 0 Å². The van der Waals surface area contributed by atoms with Crippen molar-refractivity contribution in [2.24, 2.45) is 17.8 Å². The van der Waals surface area contributed by atoms with Gasteiger partial charge in [0.2, 0.25) is 0 Å². The highest BCUT2D eigenvalue weighted by Gasteiger charge is 2.55. The maximum absolute atomic E-state index is 5.49. The summed E-state index contributed by atoms with van der Waals surface area (Å²) in [4.78, 5) is 0. The molecule has 12 heavy (non-hydrogen) atoms. The van der Waals surface area contributed by atoms with E-state index in [1.165, 1.54) is 19.3 Å². The number of hydrogen-bond acceptors (Lipinski definition) is 1. The first-order valence-corrected chi connectivity index (χ1v) is 5.08. The van der Waals surface area contributed by atoms with Gasteiger partial charge in [-0.15, -0.1) is 6.42 Å². The van der Waals surface area contributed by atoms with Crippen molar-refractivity contribution < 1.29 is 0 Å². The average Bonchev–Trinajstić information content (AvgIpc) is 2.59. The monoisotopic (exact) mass is 163 g/mol. The number of rotatable bonds is 3. The average molecular weight is 163 g/mol. The highest BCUT2D eigenvalue weighted by atomic mass is 14.9. The molecule has 2 rings (SSSR count). The molecule has 0 saturated heterocycles. The highest BCUT2D eigenvalue weighted by molar-refractivity contribution is 5.15. The molecule has 2 fully saturated rings. The predicted octanol–water partition coefficient (Wildman–Crippen LogP) is 1.64. The van der Waals surface area contributed by atoms with Crippen molar-refractivity contribution >= 4 is 0 Å². The van der Waals surface area contributed by atoms with E-state index >= 15 is 0 Å². The Morgan fingerprint density at radius 3 is 2.67 bits per heavy atom. The lowest BCUT2D eigenvalue weighted by Gasteiger charge is -2.12. The van der Waals surface area contributed by atoms with Gasteiger partial charge < -0.3 is 5.32 Å². The van der Waals surface area contributed by atoms with Crippen LogP contribution in [0.3, 0.4) is 0 Å². The molecule has 2 aliphatic rings. The Hall–Kier alpha value is -0.480. The molecule has 1 nitrogen and oxygen atoms in total. The van der Waals surface area contributed by atoms with Gasteiger partial charge >= 0.3 is 0 Å². The van der Waals surface area contributed by atoms with Gasteiger partial charge in [-0.25, -0.2) is 0 Å². The van der Waals surface area contributed by atoms with Gasteiger partial charge in [0.25, 0.3) is 0 Å². The maximum atomic E-state index is 5.49. The van der Waals surface area contributed by atoms with Gasteiger partial charge in [-0.1, -0.05) is 19.3 Å². The normalized spacial score (nSPS) is 40.2. The second-order valence-corrected chi connectivity index (χ2v) is 4.04. The molecule has 2 aliphatic carbocycles. The van der Waals surface area contributed by atoms with Crippen LogP contribution in [0, 0.1) is 30.1 Å². The Balaban J connectivity index is 1.89. The van der Waals surface area contributed by atoms with Crippen LogP contribution in [-0.2, 0) is 0 Å². The highest BCUT2D eigenvalue weighted by Crippen LogP contribution is 2.58. The van der Waals surface area contributed by atoms with Crippen LogP contribution in [0.25, 0.3) is 0 Å². The third-order valence-corrected chi connectivity index (χ3v) is 3.46. The van der Waals surface area contributed by atoms with Crippen molar-refractivity contribution in [3.05, 3.63) is 0 Å². The third kappa shape index (κ3) is 1.15. The van der Waals surface area contributed by atoms with Gasteiger partial charge in [0.1, 0.15) is 0 Å². The molecule has 2 saturated carbocycles. The molecule has 0 aromatic rings. The predicted molar refractivity (Wildman–Crippen MR) is 50.6 cm³/mol. The molecule has 1 heteroatoms. The lowest BCUT2D eigenvalue weighted by molar-refractivity contribution is 0.483. The van der Waals surface area contributed by atoms with E-state index in [1.54, 1.807) is 0 Å². The first-order valence-electron chi connectivity index (χ1n) is 5.08. The Morgan fingerprint density at radius 1 is 1.50 bits per heavy atom. The minimum Gasteiger partial charge on any atom is -0.304 e. The molecule has 0 aliphatic heterocycles. The first kappa shape index (κ1) is 8.13. The van der Waals surface area contributed by atoms with Crippen LogP contribution in [-0.4, -0.2) is 12.6 Å². The van der Waals surface area contributed by atoms with Crippen LogP contribution in [0.2, 0.25) is 0 Å². The van der Waals surface area contributed by atoms with Gasteiger partial charge in [-0.05, 0) is 37.1 Å². The second kappa shape index (κ2) is 3.11. The van der Waals surface area contributed by atoms with E-state index in [1.807, 2.05) is 0 Å².